The van der Waals surface area contributed by atoms with E-state index in [1.54, 1.807) is 7.05 Å². The quantitative estimate of drug-likeness (QED) is 0.268. The SMILES string of the molecule is CCCCC[C@@H](CC[C@H]1[C@H](O)CC2Cc3c(cccc3OCC(=O)OCCCC)C[C@@H]21)OC(=O)NC. The van der Waals surface area contributed by atoms with Gasteiger partial charge in [-0.25, -0.2) is 9.59 Å². The molecule has 1 amide bonds. The fourth-order valence-corrected chi connectivity index (χ4v) is 5.92. The molecule has 3 rings (SSSR count). The molecule has 0 spiro atoms. The standard InChI is InChI=1S/C29H45NO6/c1-4-6-8-11-22(36-29(33)30-3)13-14-23-24-16-20-10-9-12-27(25(20)17-21(24)18-26(23)31)35-19-28(32)34-15-7-5-2/h9-10,12,21-24,26,31H,4-8,11,13-19H2,1-3H3,(H,30,33)/t21?,22-,23+,24-,26+/m0/s1. The number of hydrogen-bond acceptors (Lipinski definition) is 6. The van der Waals surface area contributed by atoms with Crippen LogP contribution >= 0.6 is 0 Å². The number of aliphatic hydroxyl groups excluding tert-OH is 1. The molecule has 0 radical (unpaired) electrons. The van der Waals surface area contributed by atoms with Crippen molar-refractivity contribution in [3.63, 3.8) is 0 Å². The van der Waals surface area contributed by atoms with Crippen molar-refractivity contribution >= 4 is 12.1 Å². The van der Waals surface area contributed by atoms with Gasteiger partial charge >= 0.3 is 12.1 Å². The van der Waals surface area contributed by atoms with Gasteiger partial charge in [-0.1, -0.05) is 45.2 Å². The van der Waals surface area contributed by atoms with E-state index < -0.39 is 0 Å². The average Bonchev–Trinajstić information content (AvgIpc) is 3.18. The Kier molecular flexibility index (Phi) is 11.4. The number of amides is 1. The molecule has 7 nitrogen and oxygen atoms in total. The number of fused-ring (bicyclic) bond motifs is 2. The Balaban J connectivity index is 1.60. The number of unbranched alkanes of at least 4 members (excludes halogenated alkanes) is 3. The van der Waals surface area contributed by atoms with Gasteiger partial charge in [-0.2, -0.15) is 0 Å². The van der Waals surface area contributed by atoms with E-state index in [9.17, 15) is 14.7 Å². The van der Waals surface area contributed by atoms with Crippen molar-refractivity contribution in [2.24, 2.45) is 17.8 Å². The lowest BCUT2D eigenvalue weighted by Gasteiger charge is -2.32. The van der Waals surface area contributed by atoms with Gasteiger partial charge in [-0.05, 0) is 86.3 Å². The third-order valence-corrected chi connectivity index (χ3v) is 7.88. The monoisotopic (exact) mass is 503 g/mol. The Morgan fingerprint density at radius 1 is 1.11 bits per heavy atom. The molecule has 1 aromatic carbocycles. The highest BCUT2D eigenvalue weighted by atomic mass is 16.6. The second-order valence-electron chi connectivity index (χ2n) is 10.4. The molecule has 2 aliphatic rings. The number of esters is 1. The number of ether oxygens (including phenoxy) is 3. The van der Waals surface area contributed by atoms with Crippen LogP contribution in [-0.4, -0.2) is 49.6 Å². The van der Waals surface area contributed by atoms with Crippen LogP contribution < -0.4 is 10.1 Å². The summed E-state index contributed by atoms with van der Waals surface area (Å²) >= 11 is 0. The molecule has 0 aromatic heterocycles. The molecule has 7 heteroatoms. The van der Waals surface area contributed by atoms with Crippen LogP contribution in [0.15, 0.2) is 18.2 Å². The van der Waals surface area contributed by atoms with Gasteiger partial charge in [0.1, 0.15) is 11.9 Å². The number of alkyl carbamates (subject to hydrolysis) is 1. The number of nitrogens with one attached hydrogen (secondary N) is 1. The maximum Gasteiger partial charge on any atom is 0.407 e. The van der Waals surface area contributed by atoms with Crippen LogP contribution in [-0.2, 0) is 27.1 Å². The summed E-state index contributed by atoms with van der Waals surface area (Å²) in [5.74, 6) is 1.41. The van der Waals surface area contributed by atoms with Crippen molar-refractivity contribution in [2.45, 2.75) is 96.7 Å². The van der Waals surface area contributed by atoms with Crippen LogP contribution in [0, 0.1) is 17.8 Å². The zero-order chi connectivity index (χ0) is 25.9. The van der Waals surface area contributed by atoms with Crippen LogP contribution in [0.2, 0.25) is 0 Å². The predicted molar refractivity (Wildman–Crippen MR) is 139 cm³/mol. The maximum atomic E-state index is 12.0. The topological polar surface area (TPSA) is 94.1 Å². The first-order valence-corrected chi connectivity index (χ1v) is 13.9. The Morgan fingerprint density at radius 2 is 1.92 bits per heavy atom. The normalized spacial score (nSPS) is 23.3. The number of carbonyl (C=O) groups excluding carboxylic acids is 2. The first-order chi connectivity index (χ1) is 17.5. The molecular weight excluding hydrogens is 458 g/mol. The van der Waals surface area contributed by atoms with Crippen LogP contribution in [0.3, 0.4) is 0 Å². The highest BCUT2D eigenvalue weighted by molar-refractivity contribution is 5.71. The summed E-state index contributed by atoms with van der Waals surface area (Å²) in [7, 11) is 1.59. The Labute approximate surface area is 216 Å². The molecule has 1 unspecified atom stereocenters. The molecule has 0 heterocycles. The molecular formula is C29H45NO6. The summed E-state index contributed by atoms with van der Waals surface area (Å²) in [6.45, 7) is 4.58. The summed E-state index contributed by atoms with van der Waals surface area (Å²) in [6, 6.07) is 6.05. The minimum absolute atomic E-state index is 0.0791. The van der Waals surface area contributed by atoms with Crippen LogP contribution in [0.25, 0.3) is 0 Å². The van der Waals surface area contributed by atoms with Crippen molar-refractivity contribution in [2.75, 3.05) is 20.3 Å². The summed E-state index contributed by atoms with van der Waals surface area (Å²) in [6.07, 6.45) is 9.32. The lowest BCUT2D eigenvalue weighted by atomic mass is 9.73. The number of aliphatic hydroxyl groups is 1. The minimum Gasteiger partial charge on any atom is -0.482 e. The molecule has 1 saturated carbocycles. The van der Waals surface area contributed by atoms with Crippen molar-refractivity contribution in [1.29, 1.82) is 0 Å². The Hall–Kier alpha value is -2.28. The number of carbonyl (C=O) groups is 2. The highest BCUT2D eigenvalue weighted by Gasteiger charge is 2.45. The predicted octanol–water partition coefficient (Wildman–Crippen LogP) is 5.21. The molecule has 1 aromatic rings. The van der Waals surface area contributed by atoms with E-state index in [2.05, 4.69) is 25.2 Å². The zero-order valence-corrected chi connectivity index (χ0v) is 22.3. The largest absolute Gasteiger partial charge is 0.482 e. The summed E-state index contributed by atoms with van der Waals surface area (Å²) < 4.78 is 16.7. The van der Waals surface area contributed by atoms with Gasteiger partial charge in [0.2, 0.25) is 0 Å². The molecule has 0 saturated heterocycles. The van der Waals surface area contributed by atoms with E-state index in [0.29, 0.717) is 18.4 Å². The molecule has 1 fully saturated rings. The molecule has 202 valence electrons. The lowest BCUT2D eigenvalue weighted by molar-refractivity contribution is -0.146. The molecule has 2 aliphatic carbocycles. The van der Waals surface area contributed by atoms with E-state index in [1.165, 1.54) is 5.56 Å². The molecule has 0 bridgehead atoms. The van der Waals surface area contributed by atoms with Gasteiger partial charge < -0.3 is 24.6 Å². The third-order valence-electron chi connectivity index (χ3n) is 7.88. The van der Waals surface area contributed by atoms with Crippen LogP contribution in [0.4, 0.5) is 4.79 Å². The summed E-state index contributed by atoms with van der Waals surface area (Å²) in [4.78, 5) is 23.9. The van der Waals surface area contributed by atoms with E-state index >= 15 is 0 Å². The Morgan fingerprint density at radius 3 is 2.67 bits per heavy atom. The second-order valence-corrected chi connectivity index (χ2v) is 10.4. The molecule has 2 N–H and O–H groups in total. The van der Waals surface area contributed by atoms with Gasteiger partial charge in [-0.15, -0.1) is 0 Å². The second kappa shape index (κ2) is 14.5. The molecule has 36 heavy (non-hydrogen) atoms. The average molecular weight is 504 g/mol. The third kappa shape index (κ3) is 7.86. The fraction of sp³-hybridized carbons (Fsp3) is 0.724. The van der Waals surface area contributed by atoms with Gasteiger partial charge in [0, 0.05) is 7.05 Å². The van der Waals surface area contributed by atoms with Crippen molar-refractivity contribution < 1.29 is 28.9 Å². The summed E-state index contributed by atoms with van der Waals surface area (Å²) in [5, 5.41) is 13.6. The number of hydrogen-bond donors (Lipinski definition) is 2. The van der Waals surface area contributed by atoms with E-state index in [-0.39, 0.29) is 36.8 Å². The number of benzene rings is 1. The van der Waals surface area contributed by atoms with Gasteiger partial charge in [-0.3, -0.25) is 0 Å². The zero-order valence-electron chi connectivity index (χ0n) is 22.3. The van der Waals surface area contributed by atoms with E-state index in [1.807, 2.05) is 12.1 Å². The molecule has 5 atom stereocenters. The van der Waals surface area contributed by atoms with Crippen molar-refractivity contribution in [3.05, 3.63) is 29.3 Å². The Bertz CT molecular complexity index is 843. The molecule has 0 aliphatic heterocycles. The number of rotatable bonds is 14. The maximum absolute atomic E-state index is 12.0. The van der Waals surface area contributed by atoms with Gasteiger partial charge in [0.25, 0.3) is 0 Å². The first kappa shape index (κ1) is 28.3. The van der Waals surface area contributed by atoms with Gasteiger partial charge in [0.15, 0.2) is 6.61 Å². The summed E-state index contributed by atoms with van der Waals surface area (Å²) in [5.41, 5.74) is 2.40. The highest BCUT2D eigenvalue weighted by Crippen LogP contribution is 2.48. The minimum atomic E-state index is -0.380. The first-order valence-electron chi connectivity index (χ1n) is 13.9. The fourth-order valence-electron chi connectivity index (χ4n) is 5.92. The smallest absolute Gasteiger partial charge is 0.407 e. The van der Waals surface area contributed by atoms with Gasteiger partial charge in [0.05, 0.1) is 12.7 Å². The lowest BCUT2D eigenvalue weighted by Crippen LogP contribution is -2.30. The van der Waals surface area contributed by atoms with Crippen LogP contribution in [0.5, 0.6) is 5.75 Å². The van der Waals surface area contributed by atoms with E-state index in [0.717, 1.165) is 81.9 Å². The van der Waals surface area contributed by atoms with Crippen molar-refractivity contribution in [3.8, 4) is 5.75 Å². The van der Waals surface area contributed by atoms with Crippen LogP contribution in [0.1, 0.15) is 82.8 Å². The van der Waals surface area contributed by atoms with E-state index in [4.69, 9.17) is 14.2 Å². The van der Waals surface area contributed by atoms with Crippen molar-refractivity contribution in [1.82, 2.24) is 5.32 Å².